The molecule has 1 saturated heterocycles. The number of carboxylic acids is 1. The average molecular weight is 230 g/mol. The molecule has 94 valence electrons. The monoisotopic (exact) mass is 230 g/mol. The van der Waals surface area contributed by atoms with Crippen LogP contribution in [0, 0.1) is 0 Å². The molecule has 5 heteroatoms. The number of nitrogens with zero attached hydrogens (tertiary/aromatic N) is 2. The number of carbonyl (C=O) groups is 1. The molecule has 1 rings (SSSR count). The van der Waals surface area contributed by atoms with Crippen molar-refractivity contribution in [3.63, 3.8) is 0 Å². The summed E-state index contributed by atoms with van der Waals surface area (Å²) < 4.78 is 5.63. The summed E-state index contributed by atoms with van der Waals surface area (Å²) >= 11 is 0. The van der Waals surface area contributed by atoms with E-state index in [4.69, 9.17) is 9.84 Å². The average Bonchev–Trinajstić information content (AvgIpc) is 2.16. The Kier molecular flexibility index (Phi) is 5.73. The second-order valence-corrected chi connectivity index (χ2v) is 4.38. The number of hydrogen-bond acceptors (Lipinski definition) is 4. The topological polar surface area (TPSA) is 53.0 Å². The minimum atomic E-state index is -0.766. The van der Waals surface area contributed by atoms with Crippen LogP contribution in [-0.4, -0.2) is 73.4 Å². The predicted molar refractivity (Wildman–Crippen MR) is 61.6 cm³/mol. The smallest absolute Gasteiger partial charge is 0.317 e. The minimum Gasteiger partial charge on any atom is -0.480 e. The van der Waals surface area contributed by atoms with Crippen molar-refractivity contribution in [3.05, 3.63) is 0 Å². The molecule has 16 heavy (non-hydrogen) atoms. The lowest BCUT2D eigenvalue weighted by Crippen LogP contribution is -2.47. The largest absolute Gasteiger partial charge is 0.480 e. The second kappa shape index (κ2) is 6.83. The van der Waals surface area contributed by atoms with Crippen LogP contribution < -0.4 is 0 Å². The molecule has 0 saturated carbocycles. The van der Waals surface area contributed by atoms with E-state index >= 15 is 0 Å². The summed E-state index contributed by atoms with van der Waals surface area (Å²) in [5.41, 5.74) is 0. The van der Waals surface area contributed by atoms with Gasteiger partial charge in [-0.15, -0.1) is 0 Å². The first-order valence-corrected chi connectivity index (χ1v) is 5.86. The van der Waals surface area contributed by atoms with Crippen LogP contribution in [0.4, 0.5) is 0 Å². The summed E-state index contributed by atoms with van der Waals surface area (Å²) in [6.45, 7) is 6.29. The van der Waals surface area contributed by atoms with Crippen LogP contribution in [0.25, 0.3) is 0 Å². The van der Waals surface area contributed by atoms with Gasteiger partial charge in [-0.05, 0) is 20.0 Å². The van der Waals surface area contributed by atoms with Crippen LogP contribution in [0.1, 0.15) is 13.3 Å². The van der Waals surface area contributed by atoms with Gasteiger partial charge in [0, 0.05) is 19.6 Å². The molecule has 1 atom stereocenters. The Hall–Kier alpha value is -0.650. The first-order chi connectivity index (χ1) is 7.61. The third kappa shape index (κ3) is 4.92. The zero-order valence-corrected chi connectivity index (χ0v) is 10.2. The molecule has 1 heterocycles. The Morgan fingerprint density at radius 3 is 2.94 bits per heavy atom. The summed E-state index contributed by atoms with van der Waals surface area (Å²) in [5.74, 6) is -0.766. The Bertz CT molecular complexity index is 223. The maximum absolute atomic E-state index is 10.7. The Balaban J connectivity index is 2.37. The van der Waals surface area contributed by atoms with Crippen molar-refractivity contribution < 1.29 is 14.6 Å². The molecule has 0 aromatic heterocycles. The highest BCUT2D eigenvalue weighted by molar-refractivity contribution is 5.69. The van der Waals surface area contributed by atoms with E-state index in [1.165, 1.54) is 0 Å². The minimum absolute atomic E-state index is 0.109. The van der Waals surface area contributed by atoms with Crippen LogP contribution >= 0.6 is 0 Å². The molecule has 1 fully saturated rings. The van der Waals surface area contributed by atoms with Crippen molar-refractivity contribution >= 4 is 5.97 Å². The van der Waals surface area contributed by atoms with E-state index in [2.05, 4.69) is 18.9 Å². The number of ether oxygens (including phenoxy) is 1. The van der Waals surface area contributed by atoms with Gasteiger partial charge in [0.1, 0.15) is 0 Å². The van der Waals surface area contributed by atoms with Gasteiger partial charge in [0.05, 0.1) is 19.3 Å². The van der Waals surface area contributed by atoms with Gasteiger partial charge in [-0.3, -0.25) is 9.69 Å². The number of aliphatic carboxylic acids is 1. The fourth-order valence-corrected chi connectivity index (χ4v) is 2.01. The first-order valence-electron chi connectivity index (χ1n) is 5.86. The van der Waals surface area contributed by atoms with Gasteiger partial charge in [-0.1, -0.05) is 6.92 Å². The maximum Gasteiger partial charge on any atom is 0.317 e. The van der Waals surface area contributed by atoms with E-state index in [0.29, 0.717) is 6.54 Å². The molecule has 5 nitrogen and oxygen atoms in total. The standard InChI is InChI=1S/C11H22N2O3/c1-3-4-13(9-11(14)15)8-10-7-12(2)5-6-16-10/h10H,3-9H2,1-2H3,(H,14,15). The summed E-state index contributed by atoms with van der Waals surface area (Å²) in [5, 5.41) is 8.80. The van der Waals surface area contributed by atoms with Crippen molar-refractivity contribution in [1.82, 2.24) is 9.80 Å². The van der Waals surface area contributed by atoms with E-state index in [1.54, 1.807) is 0 Å². The number of rotatable bonds is 6. The van der Waals surface area contributed by atoms with E-state index < -0.39 is 5.97 Å². The van der Waals surface area contributed by atoms with Crippen LogP contribution in [0.3, 0.4) is 0 Å². The van der Waals surface area contributed by atoms with Crippen molar-refractivity contribution in [2.45, 2.75) is 19.4 Å². The number of carboxylic acid groups (broad SMARTS) is 1. The fourth-order valence-electron chi connectivity index (χ4n) is 2.01. The summed E-state index contributed by atoms with van der Waals surface area (Å²) in [7, 11) is 2.07. The molecule has 0 bridgehead atoms. The Morgan fingerprint density at radius 1 is 1.62 bits per heavy atom. The zero-order chi connectivity index (χ0) is 12.0. The molecule has 0 aromatic rings. The normalized spacial score (nSPS) is 22.6. The Labute approximate surface area is 97.0 Å². The highest BCUT2D eigenvalue weighted by Crippen LogP contribution is 2.05. The number of likely N-dealkylation sites (N-methyl/N-ethyl adjacent to an activating group) is 1. The quantitative estimate of drug-likeness (QED) is 0.702. The molecule has 1 aliphatic rings. The summed E-state index contributed by atoms with van der Waals surface area (Å²) in [4.78, 5) is 14.9. The highest BCUT2D eigenvalue weighted by Gasteiger charge is 2.21. The maximum atomic E-state index is 10.7. The molecule has 1 unspecified atom stereocenters. The second-order valence-electron chi connectivity index (χ2n) is 4.38. The molecule has 1 aliphatic heterocycles. The molecule has 0 amide bonds. The van der Waals surface area contributed by atoms with E-state index in [9.17, 15) is 4.79 Å². The predicted octanol–water partition coefficient (Wildman–Crippen LogP) is 0.114. The van der Waals surface area contributed by atoms with Crippen LogP contribution in [0.5, 0.6) is 0 Å². The van der Waals surface area contributed by atoms with Gasteiger partial charge in [0.15, 0.2) is 0 Å². The summed E-state index contributed by atoms with van der Waals surface area (Å²) in [6, 6.07) is 0. The van der Waals surface area contributed by atoms with Gasteiger partial charge in [0.25, 0.3) is 0 Å². The van der Waals surface area contributed by atoms with Gasteiger partial charge < -0.3 is 14.7 Å². The van der Waals surface area contributed by atoms with Gasteiger partial charge in [0.2, 0.25) is 0 Å². The van der Waals surface area contributed by atoms with E-state index in [0.717, 1.165) is 32.7 Å². The van der Waals surface area contributed by atoms with Gasteiger partial charge in [-0.25, -0.2) is 0 Å². The SMILES string of the molecule is CCCN(CC(=O)O)CC1CN(C)CCO1. The number of hydrogen-bond donors (Lipinski definition) is 1. The third-order valence-corrected chi connectivity index (χ3v) is 2.70. The lowest BCUT2D eigenvalue weighted by atomic mass is 10.2. The van der Waals surface area contributed by atoms with Gasteiger partial charge in [-0.2, -0.15) is 0 Å². The molecule has 0 spiro atoms. The van der Waals surface area contributed by atoms with E-state index in [-0.39, 0.29) is 12.6 Å². The zero-order valence-electron chi connectivity index (χ0n) is 10.2. The number of morpholine rings is 1. The third-order valence-electron chi connectivity index (χ3n) is 2.70. The van der Waals surface area contributed by atoms with Crippen LogP contribution in [0.2, 0.25) is 0 Å². The lowest BCUT2D eigenvalue weighted by molar-refractivity contribution is -0.139. The molecule has 1 N–H and O–H groups in total. The van der Waals surface area contributed by atoms with Crippen molar-refractivity contribution in [2.75, 3.05) is 46.4 Å². The first kappa shape index (κ1) is 13.4. The van der Waals surface area contributed by atoms with Crippen LogP contribution in [0.15, 0.2) is 0 Å². The fraction of sp³-hybridized carbons (Fsp3) is 0.909. The van der Waals surface area contributed by atoms with Crippen molar-refractivity contribution in [2.24, 2.45) is 0 Å². The summed E-state index contributed by atoms with van der Waals surface area (Å²) in [6.07, 6.45) is 1.11. The molecular weight excluding hydrogens is 208 g/mol. The Morgan fingerprint density at radius 2 is 2.38 bits per heavy atom. The molecule has 0 radical (unpaired) electrons. The van der Waals surface area contributed by atoms with Gasteiger partial charge >= 0.3 is 5.97 Å². The molecule has 0 aromatic carbocycles. The lowest BCUT2D eigenvalue weighted by Gasteiger charge is -2.33. The van der Waals surface area contributed by atoms with Crippen LogP contribution in [-0.2, 0) is 9.53 Å². The van der Waals surface area contributed by atoms with Crippen molar-refractivity contribution in [1.29, 1.82) is 0 Å². The molecular formula is C11H22N2O3. The van der Waals surface area contributed by atoms with E-state index in [1.807, 2.05) is 4.90 Å². The molecule has 0 aliphatic carbocycles. The van der Waals surface area contributed by atoms with Crippen molar-refractivity contribution in [3.8, 4) is 0 Å². The highest BCUT2D eigenvalue weighted by atomic mass is 16.5.